The second-order valence-corrected chi connectivity index (χ2v) is 6.45. The number of carbonyl (C=O) groups excluding carboxylic acids is 1. The lowest BCUT2D eigenvalue weighted by molar-refractivity contribution is -0.0670. The molecule has 128 valence electrons. The lowest BCUT2D eigenvalue weighted by Crippen LogP contribution is -2.61. The van der Waals surface area contributed by atoms with Crippen LogP contribution in [0.1, 0.15) is 29.0 Å². The van der Waals surface area contributed by atoms with Crippen LogP contribution in [0.3, 0.4) is 0 Å². The van der Waals surface area contributed by atoms with Crippen molar-refractivity contribution < 1.29 is 14.3 Å². The Labute approximate surface area is 143 Å². The summed E-state index contributed by atoms with van der Waals surface area (Å²) in [7, 11) is 0. The number of oxazole rings is 1. The molecule has 1 aliphatic rings. The fourth-order valence-electron chi connectivity index (χ4n) is 2.81. The summed E-state index contributed by atoms with van der Waals surface area (Å²) in [6.45, 7) is 2.31. The molecule has 0 bridgehead atoms. The summed E-state index contributed by atoms with van der Waals surface area (Å²) < 4.78 is 7.05. The van der Waals surface area contributed by atoms with Crippen LogP contribution >= 0.6 is 0 Å². The predicted molar refractivity (Wildman–Crippen MR) is 87.2 cm³/mol. The Kier molecular flexibility index (Phi) is 3.61. The molecule has 0 radical (unpaired) electrons. The largest absolute Gasteiger partial charge is 0.448 e. The second-order valence-electron chi connectivity index (χ2n) is 6.45. The maximum atomic E-state index is 12.2. The standard InChI is InChI=1S/C17H17N5O3/c1-17(24)10-21(11-17)16(23)14-9-25-15(18-14)7-12-8-22(20-19-12)13-5-3-2-4-6-13/h2-6,8-9,24H,7,10-11H2,1H3. The summed E-state index contributed by atoms with van der Waals surface area (Å²) in [5.41, 5.74) is 1.03. The average molecular weight is 339 g/mol. The number of β-amino-alcohol motifs (C(OH)–C–C–N with tert-alkyl or cyclic N) is 1. The highest BCUT2D eigenvalue weighted by Gasteiger charge is 2.40. The van der Waals surface area contributed by atoms with E-state index < -0.39 is 5.60 Å². The Hall–Kier alpha value is -3.00. The Bertz CT molecular complexity index is 892. The van der Waals surface area contributed by atoms with Gasteiger partial charge in [-0.2, -0.15) is 0 Å². The van der Waals surface area contributed by atoms with Gasteiger partial charge in [0, 0.05) is 0 Å². The van der Waals surface area contributed by atoms with Crippen LogP contribution in [0.15, 0.2) is 47.2 Å². The van der Waals surface area contributed by atoms with E-state index in [-0.39, 0.29) is 11.6 Å². The van der Waals surface area contributed by atoms with E-state index in [2.05, 4.69) is 15.3 Å². The van der Waals surface area contributed by atoms with Gasteiger partial charge in [-0.3, -0.25) is 4.79 Å². The van der Waals surface area contributed by atoms with Gasteiger partial charge in [-0.25, -0.2) is 9.67 Å². The van der Waals surface area contributed by atoms with E-state index in [0.29, 0.717) is 31.1 Å². The minimum absolute atomic E-state index is 0.237. The van der Waals surface area contributed by atoms with Crippen molar-refractivity contribution >= 4 is 5.91 Å². The topological polar surface area (TPSA) is 97.3 Å². The molecule has 25 heavy (non-hydrogen) atoms. The van der Waals surface area contributed by atoms with Crippen LogP contribution in [0.4, 0.5) is 0 Å². The van der Waals surface area contributed by atoms with Crippen molar-refractivity contribution in [2.45, 2.75) is 18.9 Å². The highest BCUT2D eigenvalue weighted by Crippen LogP contribution is 2.22. The van der Waals surface area contributed by atoms with Crippen molar-refractivity contribution in [3.63, 3.8) is 0 Å². The summed E-state index contributed by atoms with van der Waals surface area (Å²) in [5.74, 6) is 0.158. The number of amides is 1. The highest BCUT2D eigenvalue weighted by atomic mass is 16.3. The Balaban J connectivity index is 1.43. The fourth-order valence-corrected chi connectivity index (χ4v) is 2.81. The van der Waals surface area contributed by atoms with Crippen molar-refractivity contribution in [2.75, 3.05) is 13.1 Å². The molecule has 1 aromatic carbocycles. The number of carbonyl (C=O) groups is 1. The summed E-state index contributed by atoms with van der Waals surface area (Å²) in [4.78, 5) is 18.0. The van der Waals surface area contributed by atoms with Gasteiger partial charge in [0.15, 0.2) is 5.69 Å². The molecule has 1 fully saturated rings. The minimum atomic E-state index is -0.807. The highest BCUT2D eigenvalue weighted by molar-refractivity contribution is 5.92. The zero-order chi connectivity index (χ0) is 17.4. The maximum absolute atomic E-state index is 12.2. The number of aromatic nitrogens is 4. The van der Waals surface area contributed by atoms with E-state index in [1.54, 1.807) is 17.8 Å². The molecule has 3 heterocycles. The number of hydrogen-bond acceptors (Lipinski definition) is 6. The maximum Gasteiger partial charge on any atom is 0.276 e. The van der Waals surface area contributed by atoms with E-state index in [1.807, 2.05) is 30.3 Å². The molecule has 2 aromatic heterocycles. The van der Waals surface area contributed by atoms with Gasteiger partial charge in [-0.05, 0) is 19.1 Å². The van der Waals surface area contributed by atoms with Gasteiger partial charge in [0.25, 0.3) is 5.91 Å². The number of nitrogens with zero attached hydrogens (tertiary/aromatic N) is 5. The Morgan fingerprint density at radius 1 is 1.32 bits per heavy atom. The van der Waals surface area contributed by atoms with Gasteiger partial charge >= 0.3 is 0 Å². The van der Waals surface area contributed by atoms with Crippen molar-refractivity contribution in [3.05, 3.63) is 60.1 Å². The molecule has 1 saturated heterocycles. The molecule has 3 aromatic rings. The molecule has 0 saturated carbocycles. The third kappa shape index (κ3) is 3.16. The van der Waals surface area contributed by atoms with Crippen LogP contribution in [0.5, 0.6) is 0 Å². The first-order valence-electron chi connectivity index (χ1n) is 7.93. The van der Waals surface area contributed by atoms with Gasteiger partial charge in [-0.15, -0.1) is 5.10 Å². The quantitative estimate of drug-likeness (QED) is 0.763. The molecule has 0 unspecified atom stereocenters. The van der Waals surface area contributed by atoms with Crippen LogP contribution in [0, 0.1) is 0 Å². The molecule has 1 amide bonds. The third-order valence-electron chi connectivity index (χ3n) is 4.01. The van der Waals surface area contributed by atoms with Crippen LogP contribution in [-0.2, 0) is 6.42 Å². The molecular weight excluding hydrogens is 322 g/mol. The van der Waals surface area contributed by atoms with Crippen molar-refractivity contribution in [2.24, 2.45) is 0 Å². The molecule has 1 aliphatic heterocycles. The molecule has 8 heteroatoms. The predicted octanol–water partition coefficient (Wildman–Crippen LogP) is 1.05. The zero-order valence-electron chi connectivity index (χ0n) is 13.7. The van der Waals surface area contributed by atoms with Gasteiger partial charge in [0.05, 0.1) is 42.7 Å². The summed E-state index contributed by atoms with van der Waals surface area (Å²) in [6, 6.07) is 9.65. The first-order chi connectivity index (χ1) is 12.0. The summed E-state index contributed by atoms with van der Waals surface area (Å²) in [5, 5.41) is 17.9. The van der Waals surface area contributed by atoms with Crippen LogP contribution < -0.4 is 0 Å². The van der Waals surface area contributed by atoms with E-state index >= 15 is 0 Å². The first kappa shape index (κ1) is 15.5. The summed E-state index contributed by atoms with van der Waals surface area (Å²) in [6.07, 6.45) is 3.48. The number of para-hydroxylation sites is 1. The van der Waals surface area contributed by atoms with Gasteiger partial charge in [0.1, 0.15) is 6.26 Å². The number of hydrogen-bond donors (Lipinski definition) is 1. The molecular formula is C17H17N5O3. The monoisotopic (exact) mass is 339 g/mol. The van der Waals surface area contributed by atoms with E-state index in [9.17, 15) is 9.90 Å². The van der Waals surface area contributed by atoms with Gasteiger partial charge in [-0.1, -0.05) is 23.4 Å². The van der Waals surface area contributed by atoms with Crippen LogP contribution in [0.25, 0.3) is 5.69 Å². The van der Waals surface area contributed by atoms with Crippen molar-refractivity contribution in [1.82, 2.24) is 24.9 Å². The Morgan fingerprint density at radius 2 is 2.08 bits per heavy atom. The summed E-state index contributed by atoms with van der Waals surface area (Å²) >= 11 is 0. The van der Waals surface area contributed by atoms with Crippen molar-refractivity contribution in [3.8, 4) is 5.69 Å². The second kappa shape index (κ2) is 5.82. The molecule has 8 nitrogen and oxygen atoms in total. The zero-order valence-corrected chi connectivity index (χ0v) is 13.7. The van der Waals surface area contributed by atoms with Crippen molar-refractivity contribution in [1.29, 1.82) is 0 Å². The Morgan fingerprint density at radius 3 is 2.80 bits per heavy atom. The van der Waals surface area contributed by atoms with E-state index in [4.69, 9.17) is 4.42 Å². The van der Waals surface area contributed by atoms with Gasteiger partial charge in [0.2, 0.25) is 5.89 Å². The number of aliphatic hydroxyl groups is 1. The van der Waals surface area contributed by atoms with E-state index in [1.165, 1.54) is 11.2 Å². The third-order valence-corrected chi connectivity index (χ3v) is 4.01. The smallest absolute Gasteiger partial charge is 0.276 e. The SMILES string of the molecule is CC1(O)CN(C(=O)c2coc(Cc3cn(-c4ccccc4)nn3)n2)C1. The van der Waals surface area contributed by atoms with E-state index in [0.717, 1.165) is 5.69 Å². The first-order valence-corrected chi connectivity index (χ1v) is 7.93. The molecule has 1 N–H and O–H groups in total. The molecule has 0 atom stereocenters. The van der Waals surface area contributed by atoms with Crippen LogP contribution in [-0.4, -0.2) is 54.6 Å². The average Bonchev–Trinajstić information content (AvgIpc) is 3.23. The van der Waals surface area contributed by atoms with Crippen LogP contribution in [0.2, 0.25) is 0 Å². The number of likely N-dealkylation sites (tertiary alicyclic amines) is 1. The lowest BCUT2D eigenvalue weighted by Gasteiger charge is -2.43. The molecule has 4 rings (SSSR count). The number of rotatable bonds is 4. The molecule has 0 aliphatic carbocycles. The molecule has 0 spiro atoms. The normalized spacial score (nSPS) is 15.8. The number of benzene rings is 1. The lowest BCUT2D eigenvalue weighted by atomic mass is 9.97. The minimum Gasteiger partial charge on any atom is -0.448 e. The fraction of sp³-hybridized carbons (Fsp3) is 0.294. The van der Waals surface area contributed by atoms with Gasteiger partial charge < -0.3 is 14.4 Å².